The van der Waals surface area contributed by atoms with E-state index in [-0.39, 0.29) is 23.5 Å². The number of fused-ring (bicyclic) bond motifs is 1. The predicted octanol–water partition coefficient (Wildman–Crippen LogP) is 5.75. The first-order valence-electron chi connectivity index (χ1n) is 12.1. The Kier molecular flexibility index (Phi) is 7.49. The van der Waals surface area contributed by atoms with Crippen LogP contribution in [-0.4, -0.2) is 29.4 Å². The lowest BCUT2D eigenvalue weighted by molar-refractivity contribution is -0.136. The normalized spacial score (nSPS) is 15.9. The molecular weight excluding hydrogens is 443 g/mol. The molecule has 0 aromatic heterocycles. The van der Waals surface area contributed by atoms with Gasteiger partial charge in [-0.1, -0.05) is 57.2 Å². The molecule has 0 aliphatic carbocycles. The average Bonchev–Trinajstić information content (AvgIpc) is 2.86. The highest BCUT2D eigenvalue weighted by atomic mass is 19.1. The van der Waals surface area contributed by atoms with Gasteiger partial charge in [0.1, 0.15) is 11.6 Å². The van der Waals surface area contributed by atoms with Crippen LogP contribution in [0.15, 0.2) is 72.8 Å². The van der Waals surface area contributed by atoms with Crippen LogP contribution in [0.2, 0.25) is 0 Å². The molecule has 182 valence electrons. The number of carbonyl (C=O) groups is 2. The summed E-state index contributed by atoms with van der Waals surface area (Å²) in [7, 11) is 0. The Balaban J connectivity index is 1.65. The first kappa shape index (κ1) is 24.5. The zero-order chi connectivity index (χ0) is 24.9. The highest BCUT2D eigenvalue weighted by molar-refractivity contribution is 5.94. The van der Waals surface area contributed by atoms with Crippen molar-refractivity contribution in [3.8, 4) is 5.75 Å². The summed E-state index contributed by atoms with van der Waals surface area (Å²) in [5.41, 5.74) is 3.40. The maximum absolute atomic E-state index is 14.2. The van der Waals surface area contributed by atoms with E-state index >= 15 is 0 Å². The molecule has 1 heterocycles. The molecular formula is C29H31FN2O3. The zero-order valence-electron chi connectivity index (χ0n) is 20.3. The molecule has 0 saturated heterocycles. The van der Waals surface area contributed by atoms with E-state index in [9.17, 15) is 14.0 Å². The molecule has 2 atom stereocenters. The number of ether oxygens (including phenoxy) is 1. The average molecular weight is 475 g/mol. The molecule has 1 N–H and O–H groups in total. The molecule has 5 nitrogen and oxygen atoms in total. The number of nitrogens with zero attached hydrogens (tertiary/aromatic N) is 1. The zero-order valence-corrected chi connectivity index (χ0v) is 20.3. The van der Waals surface area contributed by atoms with Gasteiger partial charge in [-0.05, 0) is 65.9 Å². The largest absolute Gasteiger partial charge is 0.481 e. The Labute approximate surface area is 205 Å². The van der Waals surface area contributed by atoms with Crippen LogP contribution in [0.1, 0.15) is 49.9 Å². The van der Waals surface area contributed by atoms with Gasteiger partial charge < -0.3 is 15.0 Å². The maximum Gasteiger partial charge on any atom is 0.265 e. The van der Waals surface area contributed by atoms with Gasteiger partial charge in [0.2, 0.25) is 5.91 Å². The third-order valence-electron chi connectivity index (χ3n) is 6.27. The summed E-state index contributed by atoms with van der Waals surface area (Å²) in [6.45, 7) is 6.20. The van der Waals surface area contributed by atoms with Crippen molar-refractivity contribution in [2.45, 2.75) is 45.8 Å². The lowest BCUT2D eigenvalue weighted by atomic mass is 9.87. The first-order valence-corrected chi connectivity index (χ1v) is 12.1. The molecule has 0 radical (unpaired) electrons. The second kappa shape index (κ2) is 10.7. The van der Waals surface area contributed by atoms with Crippen molar-refractivity contribution >= 4 is 17.5 Å². The van der Waals surface area contributed by atoms with E-state index in [1.165, 1.54) is 12.1 Å². The Morgan fingerprint density at radius 3 is 2.51 bits per heavy atom. The van der Waals surface area contributed by atoms with Gasteiger partial charge in [0.05, 0.1) is 6.04 Å². The third kappa shape index (κ3) is 5.53. The molecule has 3 aromatic carbocycles. The summed E-state index contributed by atoms with van der Waals surface area (Å²) >= 11 is 0. The molecule has 2 amide bonds. The Bertz CT molecular complexity index is 1200. The Hall–Kier alpha value is -3.67. The highest BCUT2D eigenvalue weighted by Crippen LogP contribution is 2.38. The van der Waals surface area contributed by atoms with Crippen LogP contribution >= 0.6 is 0 Å². The Morgan fingerprint density at radius 2 is 1.83 bits per heavy atom. The van der Waals surface area contributed by atoms with Crippen molar-refractivity contribution in [3.05, 3.63) is 95.3 Å². The van der Waals surface area contributed by atoms with Gasteiger partial charge in [-0.2, -0.15) is 0 Å². The maximum atomic E-state index is 14.2. The van der Waals surface area contributed by atoms with Crippen molar-refractivity contribution in [1.82, 2.24) is 4.90 Å². The van der Waals surface area contributed by atoms with Crippen molar-refractivity contribution < 1.29 is 18.7 Å². The summed E-state index contributed by atoms with van der Waals surface area (Å²) in [5, 5.41) is 2.89. The minimum absolute atomic E-state index is 0.0184. The molecule has 3 aromatic rings. The van der Waals surface area contributed by atoms with Crippen LogP contribution < -0.4 is 10.1 Å². The fourth-order valence-corrected chi connectivity index (χ4v) is 4.50. The number of nitrogens with one attached hydrogen (secondary N) is 1. The van der Waals surface area contributed by atoms with E-state index < -0.39 is 12.1 Å². The van der Waals surface area contributed by atoms with Crippen LogP contribution in [0.25, 0.3) is 0 Å². The molecule has 1 aliphatic rings. The summed E-state index contributed by atoms with van der Waals surface area (Å²) in [6.07, 6.45) is 0.505. The molecule has 0 unspecified atom stereocenters. The van der Waals surface area contributed by atoms with Crippen LogP contribution in [0.4, 0.5) is 10.1 Å². The van der Waals surface area contributed by atoms with Crippen LogP contribution in [0, 0.1) is 11.7 Å². The fourth-order valence-electron chi connectivity index (χ4n) is 4.50. The van der Waals surface area contributed by atoms with Crippen LogP contribution in [0.5, 0.6) is 5.75 Å². The van der Waals surface area contributed by atoms with Crippen molar-refractivity contribution in [3.63, 3.8) is 0 Å². The van der Waals surface area contributed by atoms with Crippen LogP contribution in [0.3, 0.4) is 0 Å². The van der Waals surface area contributed by atoms with E-state index in [2.05, 4.69) is 5.32 Å². The fraction of sp³-hybridized carbons (Fsp3) is 0.310. The number of hydrogen-bond donors (Lipinski definition) is 1. The lowest BCUT2D eigenvalue weighted by Crippen LogP contribution is -2.42. The number of carbonyl (C=O) groups excluding carboxylic acids is 2. The van der Waals surface area contributed by atoms with Crippen molar-refractivity contribution in [1.29, 1.82) is 0 Å². The summed E-state index contributed by atoms with van der Waals surface area (Å²) in [6, 6.07) is 21.0. The monoisotopic (exact) mass is 474 g/mol. The molecule has 35 heavy (non-hydrogen) atoms. The number of benzene rings is 3. The standard InChI is InChI=1S/C29H31FN2O3/c1-4-26(28(33)31-23-11-6-5-7-12-23)35-24-14-13-20-15-16-32(29(34)19(2)3)27(25(20)18-24)21-9-8-10-22(30)17-21/h5-14,17-19,26-27H,4,15-16H2,1-3H3,(H,31,33)/t26-,27-/m1/s1. The van der Waals surface area contributed by atoms with E-state index in [0.29, 0.717) is 36.4 Å². The summed E-state index contributed by atoms with van der Waals surface area (Å²) in [5.74, 6) is -0.195. The van der Waals surface area contributed by atoms with E-state index in [0.717, 1.165) is 11.1 Å². The number of anilines is 1. The van der Waals surface area contributed by atoms with Gasteiger partial charge in [0.15, 0.2) is 6.10 Å². The molecule has 0 saturated carbocycles. The van der Waals surface area contributed by atoms with Gasteiger partial charge in [-0.15, -0.1) is 0 Å². The second-order valence-corrected chi connectivity index (χ2v) is 9.12. The number of halogens is 1. The van der Waals surface area contributed by atoms with Gasteiger partial charge in [-0.3, -0.25) is 9.59 Å². The Morgan fingerprint density at radius 1 is 1.06 bits per heavy atom. The second-order valence-electron chi connectivity index (χ2n) is 9.12. The molecule has 4 rings (SSSR count). The molecule has 0 bridgehead atoms. The number of para-hydroxylation sites is 1. The van der Waals surface area contributed by atoms with Gasteiger partial charge in [0.25, 0.3) is 5.91 Å². The molecule has 6 heteroatoms. The molecule has 1 aliphatic heterocycles. The van der Waals surface area contributed by atoms with E-state index in [1.807, 2.05) is 80.3 Å². The van der Waals surface area contributed by atoms with Crippen molar-refractivity contribution in [2.75, 3.05) is 11.9 Å². The lowest BCUT2D eigenvalue weighted by Gasteiger charge is -2.39. The van der Waals surface area contributed by atoms with Crippen LogP contribution in [-0.2, 0) is 16.0 Å². The highest BCUT2D eigenvalue weighted by Gasteiger charge is 2.34. The molecule has 0 spiro atoms. The number of rotatable bonds is 7. The smallest absolute Gasteiger partial charge is 0.265 e. The number of hydrogen-bond acceptors (Lipinski definition) is 3. The van der Waals surface area contributed by atoms with Gasteiger partial charge >= 0.3 is 0 Å². The first-order chi connectivity index (χ1) is 16.9. The number of amides is 2. The molecule has 0 fully saturated rings. The SMILES string of the molecule is CC[C@@H](Oc1ccc2c(c1)[C@@H](c1cccc(F)c1)N(C(=O)C(C)C)CC2)C(=O)Nc1ccccc1. The van der Waals surface area contributed by atoms with Gasteiger partial charge in [-0.25, -0.2) is 4.39 Å². The van der Waals surface area contributed by atoms with Crippen molar-refractivity contribution in [2.24, 2.45) is 5.92 Å². The summed E-state index contributed by atoms with van der Waals surface area (Å²) in [4.78, 5) is 27.8. The third-order valence-corrected chi connectivity index (χ3v) is 6.27. The minimum Gasteiger partial charge on any atom is -0.481 e. The van der Waals surface area contributed by atoms with E-state index in [1.54, 1.807) is 6.07 Å². The minimum atomic E-state index is -0.683. The topological polar surface area (TPSA) is 58.6 Å². The quantitative estimate of drug-likeness (QED) is 0.474. The summed E-state index contributed by atoms with van der Waals surface area (Å²) < 4.78 is 20.3. The predicted molar refractivity (Wildman–Crippen MR) is 135 cm³/mol. The van der Waals surface area contributed by atoms with Gasteiger partial charge in [0, 0.05) is 18.2 Å². The van der Waals surface area contributed by atoms with E-state index in [4.69, 9.17) is 4.74 Å².